The van der Waals surface area contributed by atoms with Gasteiger partial charge in [-0.25, -0.2) is 0 Å². The summed E-state index contributed by atoms with van der Waals surface area (Å²) in [6.45, 7) is 5.99. The molecule has 0 atom stereocenters. The summed E-state index contributed by atoms with van der Waals surface area (Å²) in [5, 5.41) is 0. The number of carbonyl (C=O) groups is 1. The van der Waals surface area contributed by atoms with Crippen molar-refractivity contribution in [1.82, 2.24) is 0 Å². The summed E-state index contributed by atoms with van der Waals surface area (Å²) in [7, 11) is 0. The third kappa shape index (κ3) is 4.13. The minimum atomic E-state index is 0.759. The van der Waals surface area contributed by atoms with Gasteiger partial charge in [0.25, 0.3) is 0 Å². The maximum atomic E-state index is 10.4. The van der Waals surface area contributed by atoms with Crippen molar-refractivity contribution in [3.63, 3.8) is 0 Å². The Morgan fingerprint density at radius 3 is 2.31 bits per heavy atom. The summed E-state index contributed by atoms with van der Waals surface area (Å²) in [5.41, 5.74) is 1.90. The fourth-order valence-electron chi connectivity index (χ4n) is 0.962. The van der Waals surface area contributed by atoms with Crippen molar-refractivity contribution >= 4 is 18.0 Å². The van der Waals surface area contributed by atoms with Crippen molar-refractivity contribution in [2.24, 2.45) is 0 Å². The van der Waals surface area contributed by atoms with E-state index in [1.54, 1.807) is 11.8 Å². The number of hydrogen-bond acceptors (Lipinski definition) is 2. The number of rotatable bonds is 2. The topological polar surface area (TPSA) is 17.1 Å². The SMILES string of the molecule is CC.CSc1cc(C)cc(C=O)c1. The Morgan fingerprint density at radius 1 is 1.23 bits per heavy atom. The summed E-state index contributed by atoms with van der Waals surface area (Å²) >= 11 is 1.65. The monoisotopic (exact) mass is 196 g/mol. The molecule has 2 heteroatoms. The first-order valence-electron chi connectivity index (χ1n) is 4.37. The van der Waals surface area contributed by atoms with E-state index in [4.69, 9.17) is 0 Å². The lowest BCUT2D eigenvalue weighted by molar-refractivity contribution is 0.112. The van der Waals surface area contributed by atoms with Crippen LogP contribution in [0.1, 0.15) is 29.8 Å². The van der Waals surface area contributed by atoms with E-state index < -0.39 is 0 Å². The third-order valence-electron chi connectivity index (χ3n) is 1.44. The van der Waals surface area contributed by atoms with Gasteiger partial charge in [0.2, 0.25) is 0 Å². The number of aldehydes is 1. The summed E-state index contributed by atoms with van der Waals surface area (Å²) in [5.74, 6) is 0. The van der Waals surface area contributed by atoms with E-state index in [-0.39, 0.29) is 0 Å². The molecular formula is C11H16OS. The van der Waals surface area contributed by atoms with E-state index in [1.165, 1.54) is 0 Å². The molecule has 1 rings (SSSR count). The van der Waals surface area contributed by atoms with Crippen LogP contribution in [0.3, 0.4) is 0 Å². The molecule has 0 aliphatic rings. The van der Waals surface area contributed by atoms with Crippen LogP contribution in [-0.2, 0) is 0 Å². The second-order valence-corrected chi connectivity index (χ2v) is 3.28. The molecule has 0 aliphatic carbocycles. The number of thioether (sulfide) groups is 1. The van der Waals surface area contributed by atoms with Gasteiger partial charge in [0.15, 0.2) is 0 Å². The molecule has 0 heterocycles. The summed E-state index contributed by atoms with van der Waals surface area (Å²) in [6, 6.07) is 5.84. The van der Waals surface area contributed by atoms with Gasteiger partial charge in [0.05, 0.1) is 0 Å². The number of hydrogen-bond donors (Lipinski definition) is 0. The zero-order chi connectivity index (χ0) is 10.3. The van der Waals surface area contributed by atoms with E-state index in [0.29, 0.717) is 0 Å². The molecule has 0 aromatic heterocycles. The van der Waals surface area contributed by atoms with Crippen LogP contribution in [0.4, 0.5) is 0 Å². The molecular weight excluding hydrogens is 180 g/mol. The van der Waals surface area contributed by atoms with Crippen molar-refractivity contribution in [3.8, 4) is 0 Å². The van der Waals surface area contributed by atoms with Crippen LogP contribution >= 0.6 is 11.8 Å². The molecule has 0 spiro atoms. The van der Waals surface area contributed by atoms with E-state index >= 15 is 0 Å². The Balaban J connectivity index is 0.000000671. The highest BCUT2D eigenvalue weighted by molar-refractivity contribution is 7.98. The van der Waals surface area contributed by atoms with Gasteiger partial charge in [-0.3, -0.25) is 4.79 Å². The van der Waals surface area contributed by atoms with E-state index in [0.717, 1.165) is 22.3 Å². The van der Waals surface area contributed by atoms with Crippen LogP contribution in [0, 0.1) is 6.92 Å². The molecule has 72 valence electrons. The van der Waals surface area contributed by atoms with Gasteiger partial charge >= 0.3 is 0 Å². The van der Waals surface area contributed by atoms with Gasteiger partial charge in [0, 0.05) is 10.5 Å². The zero-order valence-electron chi connectivity index (χ0n) is 8.63. The highest BCUT2D eigenvalue weighted by Gasteiger charge is 1.95. The summed E-state index contributed by atoms with van der Waals surface area (Å²) in [6.07, 6.45) is 2.88. The first-order valence-corrected chi connectivity index (χ1v) is 5.59. The first-order chi connectivity index (χ1) is 6.26. The van der Waals surface area contributed by atoms with Gasteiger partial charge in [-0.2, -0.15) is 0 Å². The first kappa shape index (κ1) is 12.2. The van der Waals surface area contributed by atoms with Crippen LogP contribution < -0.4 is 0 Å². The van der Waals surface area contributed by atoms with Crippen LogP contribution in [0.5, 0.6) is 0 Å². The predicted molar refractivity (Wildman–Crippen MR) is 59.7 cm³/mol. The molecule has 0 saturated carbocycles. The molecule has 0 aliphatic heterocycles. The Morgan fingerprint density at radius 2 is 1.85 bits per heavy atom. The molecule has 0 bridgehead atoms. The molecule has 1 aromatic carbocycles. The molecule has 0 N–H and O–H groups in total. The summed E-state index contributed by atoms with van der Waals surface area (Å²) < 4.78 is 0. The van der Waals surface area contributed by atoms with E-state index in [1.807, 2.05) is 39.2 Å². The average molecular weight is 196 g/mol. The molecule has 0 unspecified atom stereocenters. The van der Waals surface area contributed by atoms with Crippen molar-refractivity contribution in [2.75, 3.05) is 6.26 Å². The Bertz CT molecular complexity index is 269. The minimum absolute atomic E-state index is 0.759. The van der Waals surface area contributed by atoms with Gasteiger partial charge in [-0.1, -0.05) is 13.8 Å². The van der Waals surface area contributed by atoms with Crippen molar-refractivity contribution in [1.29, 1.82) is 0 Å². The fraction of sp³-hybridized carbons (Fsp3) is 0.364. The zero-order valence-corrected chi connectivity index (χ0v) is 9.44. The molecule has 13 heavy (non-hydrogen) atoms. The maximum Gasteiger partial charge on any atom is 0.150 e. The quantitative estimate of drug-likeness (QED) is 0.531. The van der Waals surface area contributed by atoms with E-state index in [2.05, 4.69) is 6.07 Å². The average Bonchev–Trinajstić information content (AvgIpc) is 2.20. The van der Waals surface area contributed by atoms with Crippen molar-refractivity contribution < 1.29 is 4.79 Å². The Hall–Kier alpha value is -0.760. The van der Waals surface area contributed by atoms with E-state index in [9.17, 15) is 4.79 Å². The molecule has 0 radical (unpaired) electrons. The normalized spacial score (nSPS) is 8.62. The standard InChI is InChI=1S/C9H10OS.C2H6/c1-7-3-8(6-10)5-9(4-7)11-2;1-2/h3-6H,1-2H3;1-2H3. The van der Waals surface area contributed by atoms with Crippen LogP contribution in [-0.4, -0.2) is 12.5 Å². The van der Waals surface area contributed by atoms with Gasteiger partial charge in [-0.05, 0) is 36.9 Å². The molecule has 0 amide bonds. The number of benzene rings is 1. The second-order valence-electron chi connectivity index (χ2n) is 2.40. The van der Waals surface area contributed by atoms with Gasteiger partial charge < -0.3 is 0 Å². The van der Waals surface area contributed by atoms with Crippen LogP contribution in [0.15, 0.2) is 23.1 Å². The highest BCUT2D eigenvalue weighted by Crippen LogP contribution is 2.17. The fourth-order valence-corrected chi connectivity index (χ4v) is 1.52. The second kappa shape index (κ2) is 6.72. The van der Waals surface area contributed by atoms with Gasteiger partial charge in [-0.15, -0.1) is 11.8 Å². The number of aryl methyl sites for hydroxylation is 1. The lowest BCUT2D eigenvalue weighted by atomic mass is 10.2. The molecule has 0 fully saturated rings. The molecule has 1 nitrogen and oxygen atoms in total. The lowest BCUT2D eigenvalue weighted by Gasteiger charge is -1.99. The lowest BCUT2D eigenvalue weighted by Crippen LogP contribution is -1.82. The number of carbonyl (C=O) groups excluding carboxylic acids is 1. The highest BCUT2D eigenvalue weighted by atomic mass is 32.2. The Kier molecular flexibility index (Phi) is 6.33. The molecule has 0 saturated heterocycles. The Labute approximate surface area is 84.5 Å². The van der Waals surface area contributed by atoms with Crippen molar-refractivity contribution in [2.45, 2.75) is 25.7 Å². The third-order valence-corrected chi connectivity index (χ3v) is 2.15. The van der Waals surface area contributed by atoms with Gasteiger partial charge in [0.1, 0.15) is 6.29 Å². The van der Waals surface area contributed by atoms with Crippen LogP contribution in [0.25, 0.3) is 0 Å². The maximum absolute atomic E-state index is 10.4. The summed E-state index contributed by atoms with van der Waals surface area (Å²) in [4.78, 5) is 11.6. The molecule has 1 aromatic rings. The van der Waals surface area contributed by atoms with Crippen LogP contribution in [0.2, 0.25) is 0 Å². The largest absolute Gasteiger partial charge is 0.298 e. The minimum Gasteiger partial charge on any atom is -0.298 e. The van der Waals surface area contributed by atoms with Crippen molar-refractivity contribution in [3.05, 3.63) is 29.3 Å². The smallest absolute Gasteiger partial charge is 0.150 e. The predicted octanol–water partition coefficient (Wildman–Crippen LogP) is 3.56.